The fourth-order valence-electron chi connectivity index (χ4n) is 0.480. The molecule has 0 aliphatic heterocycles. The molecule has 0 aromatic rings. The molecule has 12 heavy (non-hydrogen) atoms. The van der Waals surface area contributed by atoms with Gasteiger partial charge in [0.25, 0.3) is 0 Å². The molecule has 0 aliphatic rings. The third-order valence-electron chi connectivity index (χ3n) is 1.02. The highest BCUT2D eigenvalue weighted by molar-refractivity contribution is 4.26. The van der Waals surface area contributed by atoms with Gasteiger partial charge in [0.1, 0.15) is 0 Å². The zero-order valence-corrected chi connectivity index (χ0v) is 8.04. The molecule has 0 aromatic carbocycles. The van der Waals surface area contributed by atoms with Gasteiger partial charge in [0.2, 0.25) is 6.79 Å². The Morgan fingerprint density at radius 2 is 1.83 bits per heavy atom. The topological polar surface area (TPSA) is 36.9 Å². The summed E-state index contributed by atoms with van der Waals surface area (Å²) in [7, 11) is 0. The summed E-state index contributed by atoms with van der Waals surface area (Å²) in [6, 6.07) is 0. The molecular weight excluding hydrogens is 160 g/mol. The monoisotopic (exact) mass is 178 g/mol. The van der Waals surface area contributed by atoms with Crippen LogP contribution in [0.4, 0.5) is 0 Å². The van der Waals surface area contributed by atoms with Crippen molar-refractivity contribution in [2.24, 2.45) is 0 Å². The fourth-order valence-corrected chi connectivity index (χ4v) is 0.480. The maximum Gasteiger partial charge on any atom is 0.214 e. The first-order valence-electron chi connectivity index (χ1n) is 4.30. The summed E-state index contributed by atoms with van der Waals surface area (Å²) < 4.78 is 0. The maximum atomic E-state index is 4.75. The van der Waals surface area contributed by atoms with E-state index in [1.165, 1.54) is 0 Å². The normalized spacial score (nSPS) is 11.0. The van der Waals surface area contributed by atoms with Crippen molar-refractivity contribution in [1.29, 1.82) is 0 Å². The van der Waals surface area contributed by atoms with E-state index in [9.17, 15) is 0 Å². The smallest absolute Gasteiger partial charge is 0.214 e. The number of rotatable bonds is 8. The van der Waals surface area contributed by atoms with Crippen molar-refractivity contribution in [3.8, 4) is 0 Å². The van der Waals surface area contributed by atoms with Crippen molar-refractivity contribution in [3.05, 3.63) is 0 Å². The Kier molecular flexibility index (Phi) is 8.81. The Morgan fingerprint density at radius 1 is 1.08 bits per heavy atom. The molecule has 0 atom stereocenters. The quantitative estimate of drug-likeness (QED) is 0.247. The third-order valence-corrected chi connectivity index (χ3v) is 1.02. The molecular formula is C8H18O4. The summed E-state index contributed by atoms with van der Waals surface area (Å²) in [6.45, 7) is 6.45. The van der Waals surface area contributed by atoms with Crippen molar-refractivity contribution in [3.63, 3.8) is 0 Å². The van der Waals surface area contributed by atoms with E-state index in [2.05, 4.69) is 16.7 Å². The lowest BCUT2D eigenvalue weighted by Crippen LogP contribution is -2.07. The standard InChI is InChI=1S/C8H18O4/c1-4-5-6-9-10-7-11-12-8(2)3/h8H,4-7H2,1-3H3. The van der Waals surface area contributed by atoms with Crippen LogP contribution in [0.3, 0.4) is 0 Å². The van der Waals surface area contributed by atoms with E-state index >= 15 is 0 Å². The Balaban J connectivity index is 2.82. The lowest BCUT2D eigenvalue weighted by molar-refractivity contribution is -0.427. The molecule has 0 saturated heterocycles. The largest absolute Gasteiger partial charge is 0.234 e. The van der Waals surface area contributed by atoms with Gasteiger partial charge in [-0.3, -0.25) is 0 Å². The van der Waals surface area contributed by atoms with Gasteiger partial charge >= 0.3 is 0 Å². The van der Waals surface area contributed by atoms with Crippen molar-refractivity contribution in [1.82, 2.24) is 0 Å². The predicted octanol–water partition coefficient (Wildman–Crippen LogP) is 2.05. The fraction of sp³-hybridized carbons (Fsp3) is 1.00. The van der Waals surface area contributed by atoms with Gasteiger partial charge in [0, 0.05) is 0 Å². The molecule has 74 valence electrons. The lowest BCUT2D eigenvalue weighted by Gasteiger charge is -2.06. The molecule has 0 saturated carbocycles. The molecule has 0 aromatic heterocycles. The van der Waals surface area contributed by atoms with Crippen molar-refractivity contribution in [2.45, 2.75) is 39.7 Å². The van der Waals surface area contributed by atoms with Crippen molar-refractivity contribution >= 4 is 0 Å². The highest BCUT2D eigenvalue weighted by Gasteiger charge is 1.93. The zero-order chi connectivity index (χ0) is 9.23. The first-order chi connectivity index (χ1) is 5.77. The first-order valence-corrected chi connectivity index (χ1v) is 4.30. The maximum absolute atomic E-state index is 4.75. The van der Waals surface area contributed by atoms with E-state index in [4.69, 9.17) is 9.78 Å². The van der Waals surface area contributed by atoms with E-state index in [0.29, 0.717) is 6.61 Å². The van der Waals surface area contributed by atoms with Crippen molar-refractivity contribution in [2.75, 3.05) is 13.4 Å². The van der Waals surface area contributed by atoms with Crippen LogP contribution in [0.5, 0.6) is 0 Å². The predicted molar refractivity (Wildman–Crippen MR) is 44.1 cm³/mol. The second-order valence-corrected chi connectivity index (χ2v) is 2.67. The van der Waals surface area contributed by atoms with Crippen LogP contribution in [-0.2, 0) is 19.6 Å². The van der Waals surface area contributed by atoms with Gasteiger partial charge in [-0.1, -0.05) is 13.3 Å². The molecule has 0 heterocycles. The van der Waals surface area contributed by atoms with E-state index in [-0.39, 0.29) is 12.9 Å². The molecule has 0 unspecified atom stereocenters. The van der Waals surface area contributed by atoms with Crippen LogP contribution < -0.4 is 0 Å². The van der Waals surface area contributed by atoms with Crippen LogP contribution >= 0.6 is 0 Å². The third kappa shape index (κ3) is 9.84. The molecule has 0 radical (unpaired) electrons. The van der Waals surface area contributed by atoms with E-state index in [1.54, 1.807) is 0 Å². The van der Waals surface area contributed by atoms with Gasteiger partial charge in [-0.2, -0.15) is 0 Å². The van der Waals surface area contributed by atoms with E-state index < -0.39 is 0 Å². The Bertz CT molecular complexity index is 85.1. The second-order valence-electron chi connectivity index (χ2n) is 2.67. The van der Waals surface area contributed by atoms with E-state index in [0.717, 1.165) is 12.8 Å². The number of hydrogen-bond acceptors (Lipinski definition) is 4. The summed E-state index contributed by atoms with van der Waals surface area (Å²) in [4.78, 5) is 18.8. The number of unbranched alkanes of at least 4 members (excludes halogenated alkanes) is 1. The molecule has 0 rings (SSSR count). The molecule has 0 bridgehead atoms. The summed E-state index contributed by atoms with van der Waals surface area (Å²) in [5, 5.41) is 0. The lowest BCUT2D eigenvalue weighted by atomic mass is 10.4. The van der Waals surface area contributed by atoms with Gasteiger partial charge in [-0.15, -0.1) is 0 Å². The highest BCUT2D eigenvalue weighted by atomic mass is 17.3. The molecule has 4 heteroatoms. The van der Waals surface area contributed by atoms with Crippen LogP contribution in [-0.4, -0.2) is 19.5 Å². The molecule has 0 fully saturated rings. The van der Waals surface area contributed by atoms with E-state index in [1.807, 2.05) is 13.8 Å². The minimum Gasteiger partial charge on any atom is -0.234 e. The SMILES string of the molecule is CCCCOOCOOC(C)C. The van der Waals surface area contributed by atoms with Gasteiger partial charge in [-0.05, 0) is 20.3 Å². The first kappa shape index (κ1) is 11.8. The molecule has 4 nitrogen and oxygen atoms in total. The summed E-state index contributed by atoms with van der Waals surface area (Å²) >= 11 is 0. The van der Waals surface area contributed by atoms with Gasteiger partial charge in [0.15, 0.2) is 0 Å². The summed E-state index contributed by atoms with van der Waals surface area (Å²) in [5.41, 5.74) is 0. The minimum absolute atomic E-state index is 0.0158. The molecule has 0 amide bonds. The van der Waals surface area contributed by atoms with Crippen LogP contribution in [0, 0.1) is 0 Å². The summed E-state index contributed by atoms with van der Waals surface area (Å²) in [5.74, 6) is 0. The van der Waals surface area contributed by atoms with Gasteiger partial charge in [0.05, 0.1) is 12.7 Å². The van der Waals surface area contributed by atoms with Crippen LogP contribution in [0.2, 0.25) is 0 Å². The Labute approximate surface area is 73.6 Å². The van der Waals surface area contributed by atoms with Crippen molar-refractivity contribution < 1.29 is 19.6 Å². The molecule has 0 spiro atoms. The summed E-state index contributed by atoms with van der Waals surface area (Å²) in [6.07, 6.45) is 2.13. The minimum atomic E-state index is 0.0158. The van der Waals surface area contributed by atoms with Crippen LogP contribution in [0.15, 0.2) is 0 Å². The zero-order valence-electron chi connectivity index (χ0n) is 8.04. The van der Waals surface area contributed by atoms with Gasteiger partial charge in [-0.25, -0.2) is 19.6 Å². The van der Waals surface area contributed by atoms with Crippen LogP contribution in [0.1, 0.15) is 33.6 Å². The number of hydrogen-bond donors (Lipinski definition) is 0. The second kappa shape index (κ2) is 8.93. The highest BCUT2D eigenvalue weighted by Crippen LogP contribution is 1.91. The Morgan fingerprint density at radius 3 is 2.42 bits per heavy atom. The van der Waals surface area contributed by atoms with Gasteiger partial charge < -0.3 is 0 Å². The average molecular weight is 178 g/mol. The van der Waals surface area contributed by atoms with Crippen LogP contribution in [0.25, 0.3) is 0 Å². The molecule has 0 N–H and O–H groups in total. The average Bonchev–Trinajstić information content (AvgIpc) is 2.02. The Hall–Kier alpha value is -0.160. The molecule has 0 aliphatic carbocycles.